The van der Waals surface area contributed by atoms with Crippen LogP contribution in [0, 0.1) is 0 Å². The van der Waals surface area contributed by atoms with Crippen LogP contribution >= 0.6 is 0 Å². The number of aliphatic hydroxyl groups excluding tert-OH is 1. The van der Waals surface area contributed by atoms with E-state index in [4.69, 9.17) is 4.74 Å². The van der Waals surface area contributed by atoms with Gasteiger partial charge in [-0.1, -0.05) is 118 Å². The lowest BCUT2D eigenvalue weighted by atomic mass is 9.69. The van der Waals surface area contributed by atoms with Crippen molar-refractivity contribution in [2.45, 2.75) is 82.3 Å². The quantitative estimate of drug-likeness (QED) is 0.145. The van der Waals surface area contributed by atoms with Crippen LogP contribution in [0.15, 0.2) is 107 Å². The largest absolute Gasteiger partial charge is 0.380 e. The van der Waals surface area contributed by atoms with Crippen LogP contribution in [-0.2, 0) is 22.6 Å². The Morgan fingerprint density at radius 2 is 1.27 bits per heavy atom. The van der Waals surface area contributed by atoms with Crippen molar-refractivity contribution in [2.75, 3.05) is 0 Å². The maximum atomic E-state index is 14.7. The minimum atomic E-state index is -3.38. The standard InChI is InChI=1S/C39H40N4O9/c1-3-5-22-41-34-28(35(48)42(37(41)49)23-6-4-2)43(24-40-34)36-39(51,32(47)27-20-14-9-15-21-27)38(50,31(46)26-18-12-8-13-19-26)33(52-36)30(45)29(44)25-16-10-7-11-17-25/h7-21,24,29,33,36,44,50-51H,3-6,22-23H2,1-2H3/t29?,33-,36-,38-,39+/m1/s1. The van der Waals surface area contributed by atoms with Gasteiger partial charge in [0.15, 0.2) is 29.3 Å². The molecular weight excluding hydrogens is 668 g/mol. The summed E-state index contributed by atoms with van der Waals surface area (Å²) in [6, 6.07) is 22.3. The first-order valence-corrected chi connectivity index (χ1v) is 17.3. The molecule has 5 atom stereocenters. The Labute approximate surface area is 298 Å². The van der Waals surface area contributed by atoms with Crippen LogP contribution in [0.2, 0.25) is 0 Å². The number of hydrogen-bond donors (Lipinski definition) is 3. The van der Waals surface area contributed by atoms with Gasteiger partial charge in [0.2, 0.25) is 22.8 Å². The third kappa shape index (κ3) is 5.85. The summed E-state index contributed by atoms with van der Waals surface area (Å²) in [7, 11) is 0. The highest BCUT2D eigenvalue weighted by Gasteiger charge is 2.76. The molecule has 1 unspecified atom stereocenters. The smallest absolute Gasteiger partial charge is 0.332 e. The molecule has 270 valence electrons. The molecule has 3 N–H and O–H groups in total. The number of Topliss-reactive ketones (excluding diaryl/α,β-unsaturated/α-hetero) is 3. The Morgan fingerprint density at radius 3 is 1.81 bits per heavy atom. The van der Waals surface area contributed by atoms with E-state index in [0.29, 0.717) is 25.7 Å². The molecule has 1 aliphatic heterocycles. The molecule has 3 heterocycles. The summed E-state index contributed by atoms with van der Waals surface area (Å²) in [4.78, 5) is 75.9. The molecule has 2 aromatic heterocycles. The fourth-order valence-corrected chi connectivity index (χ4v) is 6.81. The van der Waals surface area contributed by atoms with E-state index in [-0.39, 0.29) is 40.9 Å². The Bertz CT molecular complexity index is 2220. The number of rotatable bonds is 14. The number of aryl methyl sites for hydroxylation is 1. The molecule has 1 saturated heterocycles. The Hall–Kier alpha value is -5.34. The number of benzene rings is 3. The second kappa shape index (κ2) is 14.7. The van der Waals surface area contributed by atoms with Crippen LogP contribution in [-0.4, -0.2) is 68.7 Å². The molecule has 3 aromatic carbocycles. The molecule has 0 spiro atoms. The lowest BCUT2D eigenvalue weighted by Gasteiger charge is -2.38. The Balaban J connectivity index is 1.66. The monoisotopic (exact) mass is 708 g/mol. The summed E-state index contributed by atoms with van der Waals surface area (Å²) in [6.45, 7) is 4.08. The van der Waals surface area contributed by atoms with E-state index in [1.807, 2.05) is 13.8 Å². The lowest BCUT2D eigenvalue weighted by Crippen LogP contribution is -2.68. The number of carbonyl (C=O) groups excluding carboxylic acids is 3. The van der Waals surface area contributed by atoms with E-state index in [2.05, 4.69) is 4.98 Å². The van der Waals surface area contributed by atoms with Crippen LogP contribution in [0.4, 0.5) is 0 Å². The Kier molecular flexibility index (Phi) is 10.3. The summed E-state index contributed by atoms with van der Waals surface area (Å²) in [6.07, 6.45) is -2.99. The molecular formula is C39H40N4O9. The number of ketones is 3. The molecule has 13 nitrogen and oxygen atoms in total. The van der Waals surface area contributed by atoms with E-state index in [1.54, 1.807) is 30.3 Å². The van der Waals surface area contributed by atoms with E-state index in [0.717, 1.165) is 15.5 Å². The summed E-state index contributed by atoms with van der Waals surface area (Å²) in [5, 5.41) is 37.2. The van der Waals surface area contributed by atoms with Gasteiger partial charge in [-0.05, 0) is 18.4 Å². The number of fused-ring (bicyclic) bond motifs is 1. The first-order chi connectivity index (χ1) is 25.0. The van der Waals surface area contributed by atoms with Gasteiger partial charge in [-0.3, -0.25) is 32.9 Å². The van der Waals surface area contributed by atoms with Crippen LogP contribution in [0.5, 0.6) is 0 Å². The minimum Gasteiger partial charge on any atom is -0.380 e. The van der Waals surface area contributed by atoms with Gasteiger partial charge in [-0.2, -0.15) is 0 Å². The van der Waals surface area contributed by atoms with Crippen LogP contribution < -0.4 is 11.2 Å². The fraction of sp³-hybridized carbons (Fsp3) is 0.333. The molecule has 0 bridgehead atoms. The maximum absolute atomic E-state index is 14.7. The van der Waals surface area contributed by atoms with Crippen molar-refractivity contribution in [3.05, 3.63) is 135 Å². The molecule has 1 aliphatic rings. The zero-order valence-corrected chi connectivity index (χ0v) is 28.8. The number of aliphatic hydroxyl groups is 3. The molecule has 5 aromatic rings. The van der Waals surface area contributed by atoms with Gasteiger partial charge in [0.25, 0.3) is 5.56 Å². The summed E-state index contributed by atoms with van der Waals surface area (Å²) < 4.78 is 9.55. The van der Waals surface area contributed by atoms with Crippen LogP contribution in [0.25, 0.3) is 11.2 Å². The third-order valence-electron chi connectivity index (χ3n) is 9.65. The van der Waals surface area contributed by atoms with Gasteiger partial charge in [0, 0.05) is 24.2 Å². The predicted octanol–water partition coefficient (Wildman–Crippen LogP) is 3.39. The number of imidazole rings is 1. The highest BCUT2D eigenvalue weighted by atomic mass is 16.6. The second-order valence-corrected chi connectivity index (χ2v) is 12.9. The first-order valence-electron chi connectivity index (χ1n) is 17.3. The third-order valence-corrected chi connectivity index (χ3v) is 9.65. The van der Waals surface area contributed by atoms with E-state index in [1.165, 1.54) is 65.2 Å². The average Bonchev–Trinajstić information content (AvgIpc) is 3.72. The zero-order valence-electron chi connectivity index (χ0n) is 28.8. The second-order valence-electron chi connectivity index (χ2n) is 12.9. The van der Waals surface area contributed by atoms with E-state index in [9.17, 15) is 39.3 Å². The summed E-state index contributed by atoms with van der Waals surface area (Å²) >= 11 is 0. The van der Waals surface area contributed by atoms with Gasteiger partial charge in [-0.25, -0.2) is 9.78 Å². The molecule has 0 saturated carbocycles. The van der Waals surface area contributed by atoms with Crippen molar-refractivity contribution in [1.82, 2.24) is 18.7 Å². The number of carbonyl (C=O) groups is 3. The number of ether oxygens (including phenoxy) is 1. The number of aromatic nitrogens is 4. The van der Waals surface area contributed by atoms with Crippen LogP contribution in [0.1, 0.15) is 78.1 Å². The summed E-state index contributed by atoms with van der Waals surface area (Å²) in [5.41, 5.74) is -8.68. The normalized spacial score (nSPS) is 22.0. The Morgan fingerprint density at radius 1 is 0.769 bits per heavy atom. The molecule has 13 heteroatoms. The molecule has 6 rings (SSSR count). The highest BCUT2D eigenvalue weighted by Crippen LogP contribution is 2.51. The SMILES string of the molecule is CCCCn1c(=O)c2c(ncn2[C@@H]2O[C@H](C(=O)C(O)c3ccccc3)[C@](O)(C(=O)c3ccccc3)[C@]2(O)C(=O)c2ccccc2)n(CCCC)c1=O. The van der Waals surface area contributed by atoms with Crippen molar-refractivity contribution < 1.29 is 34.4 Å². The van der Waals surface area contributed by atoms with Crippen molar-refractivity contribution in [3.8, 4) is 0 Å². The van der Waals surface area contributed by atoms with Crippen molar-refractivity contribution in [3.63, 3.8) is 0 Å². The molecule has 0 amide bonds. The minimum absolute atomic E-state index is 0.0565. The van der Waals surface area contributed by atoms with Gasteiger partial charge in [-0.15, -0.1) is 0 Å². The molecule has 0 radical (unpaired) electrons. The fourth-order valence-electron chi connectivity index (χ4n) is 6.81. The van der Waals surface area contributed by atoms with Crippen molar-refractivity contribution in [1.29, 1.82) is 0 Å². The molecule has 0 aliphatic carbocycles. The van der Waals surface area contributed by atoms with Crippen LogP contribution in [0.3, 0.4) is 0 Å². The number of hydrogen-bond acceptors (Lipinski definition) is 10. The zero-order chi connectivity index (χ0) is 37.2. The molecule has 1 fully saturated rings. The number of nitrogens with zero attached hydrogens (tertiary/aromatic N) is 4. The molecule has 52 heavy (non-hydrogen) atoms. The van der Waals surface area contributed by atoms with E-state index >= 15 is 0 Å². The highest BCUT2D eigenvalue weighted by molar-refractivity contribution is 6.15. The van der Waals surface area contributed by atoms with Crippen molar-refractivity contribution in [2.24, 2.45) is 0 Å². The lowest BCUT2D eigenvalue weighted by molar-refractivity contribution is -0.148. The first kappa shape index (κ1) is 36.5. The maximum Gasteiger partial charge on any atom is 0.332 e. The van der Waals surface area contributed by atoms with Crippen molar-refractivity contribution >= 4 is 28.5 Å². The van der Waals surface area contributed by atoms with Gasteiger partial charge >= 0.3 is 5.69 Å². The predicted molar refractivity (Wildman–Crippen MR) is 190 cm³/mol. The number of unbranched alkanes of at least 4 members (excludes halogenated alkanes) is 2. The van der Waals surface area contributed by atoms with E-state index < -0.39 is 58.2 Å². The average molecular weight is 709 g/mol. The van der Waals surface area contributed by atoms with Gasteiger partial charge in [0.05, 0.1) is 0 Å². The van der Waals surface area contributed by atoms with Gasteiger partial charge in [0.1, 0.15) is 12.4 Å². The summed E-state index contributed by atoms with van der Waals surface area (Å²) in [5.74, 6) is -3.68. The topological polar surface area (TPSA) is 183 Å². The van der Waals surface area contributed by atoms with Gasteiger partial charge < -0.3 is 20.1 Å².